The van der Waals surface area contributed by atoms with Gasteiger partial charge in [-0.1, -0.05) is 11.6 Å². The Bertz CT molecular complexity index is 1170. The molecule has 0 saturated carbocycles. The van der Waals surface area contributed by atoms with Crippen molar-refractivity contribution in [3.05, 3.63) is 69.8 Å². The summed E-state index contributed by atoms with van der Waals surface area (Å²) in [7, 11) is 0. The van der Waals surface area contributed by atoms with Crippen molar-refractivity contribution in [2.45, 2.75) is 45.0 Å². The zero-order valence-electron chi connectivity index (χ0n) is 20.6. The molecule has 0 atom stereocenters. The molecular weight excluding hydrogens is 536 g/mol. The van der Waals surface area contributed by atoms with Crippen molar-refractivity contribution in [2.24, 2.45) is 5.92 Å². The molecule has 0 aromatic heterocycles. The van der Waals surface area contributed by atoms with Gasteiger partial charge in [-0.3, -0.25) is 9.69 Å². The van der Waals surface area contributed by atoms with Gasteiger partial charge in [0.2, 0.25) is 0 Å². The summed E-state index contributed by atoms with van der Waals surface area (Å²) in [4.78, 5) is 13.1. The molecule has 2 aromatic carbocycles. The van der Waals surface area contributed by atoms with Gasteiger partial charge in [-0.25, -0.2) is 0 Å². The van der Waals surface area contributed by atoms with E-state index >= 15 is 0 Å². The van der Waals surface area contributed by atoms with Crippen LogP contribution in [0, 0.1) is 5.92 Å². The van der Waals surface area contributed by atoms with Crippen LogP contribution in [0.4, 0.5) is 26.3 Å². The zero-order chi connectivity index (χ0) is 27.0. The number of halogens is 7. The van der Waals surface area contributed by atoms with Gasteiger partial charge in [-0.05, 0) is 85.2 Å². The normalized spacial score (nSPS) is 16.5. The van der Waals surface area contributed by atoms with E-state index in [2.05, 4.69) is 4.90 Å². The molecule has 1 saturated heterocycles. The molecule has 1 fully saturated rings. The topological polar surface area (TPSA) is 49.8 Å². The van der Waals surface area contributed by atoms with E-state index in [4.69, 9.17) is 9.84 Å². The van der Waals surface area contributed by atoms with Crippen LogP contribution in [0.15, 0.2) is 42.0 Å². The van der Waals surface area contributed by atoms with Gasteiger partial charge >= 0.3 is 18.3 Å². The Kier molecular flexibility index (Phi) is 9.08. The number of hydrogen-bond acceptors (Lipinski definition) is 3. The zero-order valence-corrected chi connectivity index (χ0v) is 21.4. The average Bonchev–Trinajstić information content (AvgIpc) is 2.78. The highest BCUT2D eigenvalue weighted by molar-refractivity contribution is 5.85. The molecule has 1 N–H and O–H groups in total. The summed E-state index contributed by atoms with van der Waals surface area (Å²) < 4.78 is 84.0. The summed E-state index contributed by atoms with van der Waals surface area (Å²) in [5, 5.41) is 9.05. The number of benzene rings is 2. The van der Waals surface area contributed by atoms with Gasteiger partial charge < -0.3 is 9.84 Å². The highest BCUT2D eigenvalue weighted by atomic mass is 35.5. The van der Waals surface area contributed by atoms with Crippen molar-refractivity contribution in [1.82, 2.24) is 4.90 Å². The summed E-state index contributed by atoms with van der Waals surface area (Å²) in [6.45, 7) is 4.06. The maximum absolute atomic E-state index is 13.0. The van der Waals surface area contributed by atoms with Gasteiger partial charge in [0.25, 0.3) is 0 Å². The number of rotatable bonds is 8. The number of carboxylic acids is 1. The van der Waals surface area contributed by atoms with Gasteiger partial charge in [-0.2, -0.15) is 26.3 Å². The molecule has 38 heavy (non-hydrogen) atoms. The van der Waals surface area contributed by atoms with Crippen LogP contribution in [0.5, 0.6) is 5.75 Å². The van der Waals surface area contributed by atoms with E-state index in [0.717, 1.165) is 48.2 Å². The van der Waals surface area contributed by atoms with Gasteiger partial charge in [0, 0.05) is 19.6 Å². The molecule has 1 aliphatic carbocycles. The van der Waals surface area contributed by atoms with Crippen molar-refractivity contribution in [2.75, 3.05) is 26.2 Å². The maximum Gasteiger partial charge on any atom is 0.416 e. The number of ether oxygens (including phenoxy) is 1. The number of alkyl halides is 6. The fourth-order valence-electron chi connectivity index (χ4n) is 4.85. The van der Waals surface area contributed by atoms with Crippen LogP contribution in [0.2, 0.25) is 0 Å². The monoisotopic (exact) mass is 563 g/mol. The van der Waals surface area contributed by atoms with Gasteiger partial charge in [-0.15, -0.1) is 12.4 Å². The first-order valence-electron chi connectivity index (χ1n) is 12.0. The van der Waals surface area contributed by atoms with Crippen LogP contribution < -0.4 is 4.74 Å². The molecule has 0 unspecified atom stereocenters. The average molecular weight is 564 g/mol. The largest absolute Gasteiger partial charge is 0.494 e. The molecule has 1 aliphatic heterocycles. The number of carbonyl (C=O) groups is 1. The number of nitrogens with zero attached hydrogens (tertiary/aromatic N) is 1. The number of hydrogen-bond donors (Lipinski definition) is 1. The number of likely N-dealkylation sites (tertiary alicyclic amines) is 1. The number of carboxylic acid groups (broad SMARTS) is 1. The van der Waals surface area contributed by atoms with E-state index in [0.29, 0.717) is 18.8 Å². The Morgan fingerprint density at radius 3 is 2.21 bits per heavy atom. The van der Waals surface area contributed by atoms with E-state index in [1.54, 1.807) is 6.07 Å². The van der Waals surface area contributed by atoms with Crippen LogP contribution in [0.25, 0.3) is 5.57 Å². The SMILES string of the molecule is CC1=C(CN2CC(C(=O)O)C2)CCc2cc(OCCCc3cc(C(F)(F)F)cc(C(F)(F)F)c3)ccc21.Cl. The Morgan fingerprint density at radius 2 is 1.63 bits per heavy atom. The first kappa shape index (κ1) is 29.8. The lowest BCUT2D eigenvalue weighted by Crippen LogP contribution is -2.50. The van der Waals surface area contributed by atoms with E-state index in [1.807, 2.05) is 19.1 Å². The van der Waals surface area contributed by atoms with Crippen molar-refractivity contribution >= 4 is 23.9 Å². The third-order valence-corrected chi connectivity index (χ3v) is 6.95. The molecule has 11 heteroatoms. The lowest BCUT2D eigenvalue weighted by Gasteiger charge is -2.38. The Balaban J connectivity index is 0.00000400. The molecule has 0 radical (unpaired) electrons. The van der Waals surface area contributed by atoms with Crippen LogP contribution in [0.3, 0.4) is 0 Å². The molecule has 208 valence electrons. The van der Waals surface area contributed by atoms with Crippen molar-refractivity contribution in [1.29, 1.82) is 0 Å². The minimum atomic E-state index is -4.86. The quantitative estimate of drug-likeness (QED) is 0.281. The lowest BCUT2D eigenvalue weighted by atomic mass is 9.85. The Morgan fingerprint density at radius 1 is 1.00 bits per heavy atom. The fourth-order valence-corrected chi connectivity index (χ4v) is 4.85. The lowest BCUT2D eigenvalue weighted by molar-refractivity contribution is -0.147. The molecular formula is C27H28ClF6NO3. The molecule has 4 rings (SSSR count). The fraction of sp³-hybridized carbons (Fsp3) is 0.444. The van der Waals surface area contributed by atoms with Gasteiger partial charge in [0.15, 0.2) is 0 Å². The highest BCUT2D eigenvalue weighted by Gasteiger charge is 2.37. The summed E-state index contributed by atoms with van der Waals surface area (Å²) in [6.07, 6.45) is -7.79. The number of aliphatic carboxylic acids is 1. The van der Waals surface area contributed by atoms with Gasteiger partial charge in [0.1, 0.15) is 5.75 Å². The molecule has 2 aliphatic rings. The first-order chi connectivity index (χ1) is 17.3. The van der Waals surface area contributed by atoms with E-state index in [-0.39, 0.29) is 49.4 Å². The standard InChI is InChI=1S/C27H27F6NO3.ClH/c1-16-19(13-34-14-20(15-34)25(35)36)5-4-18-11-23(6-7-24(16)18)37-8-2-3-17-9-21(26(28,29)30)12-22(10-17)27(31,32)33;/h6-7,9-12,20H,2-5,8,13-15H2,1H3,(H,35,36);1H. The number of aryl methyl sites for hydroxylation is 2. The van der Waals surface area contributed by atoms with Crippen LogP contribution in [-0.2, 0) is 30.0 Å². The van der Waals surface area contributed by atoms with E-state index in [9.17, 15) is 31.1 Å². The predicted molar refractivity (Wildman–Crippen MR) is 132 cm³/mol. The highest BCUT2D eigenvalue weighted by Crippen LogP contribution is 2.37. The van der Waals surface area contributed by atoms with Crippen molar-refractivity contribution in [3.63, 3.8) is 0 Å². The Labute approximate surface area is 222 Å². The second kappa shape index (κ2) is 11.6. The van der Waals surface area contributed by atoms with E-state index < -0.39 is 29.4 Å². The summed E-state index contributed by atoms with van der Waals surface area (Å²) in [5.74, 6) is -0.455. The summed E-state index contributed by atoms with van der Waals surface area (Å²) in [6, 6.07) is 7.32. The Hall–Kier alpha value is -2.72. The maximum atomic E-state index is 13.0. The molecule has 2 aromatic rings. The summed E-state index contributed by atoms with van der Waals surface area (Å²) in [5.41, 5.74) is 1.99. The molecule has 0 bridgehead atoms. The molecule has 0 amide bonds. The third kappa shape index (κ3) is 7.02. The molecule has 1 heterocycles. The summed E-state index contributed by atoms with van der Waals surface area (Å²) >= 11 is 0. The minimum absolute atomic E-state index is 0. The minimum Gasteiger partial charge on any atom is -0.494 e. The molecule has 0 spiro atoms. The van der Waals surface area contributed by atoms with Crippen LogP contribution >= 0.6 is 12.4 Å². The molecule has 4 nitrogen and oxygen atoms in total. The second-order valence-corrected chi connectivity index (χ2v) is 9.64. The van der Waals surface area contributed by atoms with Crippen LogP contribution in [0.1, 0.15) is 47.6 Å². The predicted octanol–water partition coefficient (Wildman–Crippen LogP) is 6.89. The number of allylic oxidation sites excluding steroid dienone is 1. The first-order valence-corrected chi connectivity index (χ1v) is 12.0. The van der Waals surface area contributed by atoms with E-state index in [1.165, 1.54) is 5.57 Å². The third-order valence-electron chi connectivity index (χ3n) is 6.95. The van der Waals surface area contributed by atoms with Crippen molar-refractivity contribution < 1.29 is 41.0 Å². The van der Waals surface area contributed by atoms with Crippen molar-refractivity contribution in [3.8, 4) is 5.75 Å². The smallest absolute Gasteiger partial charge is 0.416 e. The van der Waals surface area contributed by atoms with Crippen LogP contribution in [-0.4, -0.2) is 42.2 Å². The number of fused-ring (bicyclic) bond motifs is 1. The van der Waals surface area contributed by atoms with Gasteiger partial charge in [0.05, 0.1) is 23.7 Å². The second-order valence-electron chi connectivity index (χ2n) is 9.64.